The first kappa shape index (κ1) is 12.3. The normalized spacial score (nSPS) is 10.8. The predicted octanol–water partition coefficient (Wildman–Crippen LogP) is 4.12. The van der Waals surface area contributed by atoms with Gasteiger partial charge in [-0.1, -0.05) is 52.3 Å². The second kappa shape index (κ2) is 5.11. The Morgan fingerprint density at radius 3 is 2.53 bits per heavy atom. The van der Waals surface area contributed by atoms with Gasteiger partial charge in [-0.15, -0.1) is 0 Å². The highest BCUT2D eigenvalue weighted by Crippen LogP contribution is 2.31. The van der Waals surface area contributed by atoms with Gasteiger partial charge in [-0.3, -0.25) is 4.98 Å². The van der Waals surface area contributed by atoms with E-state index >= 15 is 0 Å². The van der Waals surface area contributed by atoms with E-state index in [9.17, 15) is 0 Å². The fraction of sp³-hybridized carbons (Fsp3) is 0.0625. The number of nitrogens with two attached hydrogens (primary N) is 1. The molecule has 1 aromatic heterocycles. The van der Waals surface area contributed by atoms with E-state index in [1.54, 1.807) is 0 Å². The Balaban J connectivity index is 2.34. The molecule has 0 atom stereocenters. The van der Waals surface area contributed by atoms with Gasteiger partial charge in [-0.25, -0.2) is 0 Å². The van der Waals surface area contributed by atoms with Crippen LogP contribution in [0.5, 0.6) is 0 Å². The number of aromatic nitrogens is 1. The Hall–Kier alpha value is -1.71. The van der Waals surface area contributed by atoms with Crippen LogP contribution < -0.4 is 5.73 Å². The summed E-state index contributed by atoms with van der Waals surface area (Å²) < 4.78 is 1.01. The molecule has 2 N–H and O–H groups in total. The van der Waals surface area contributed by atoms with E-state index in [2.05, 4.69) is 39.1 Å². The van der Waals surface area contributed by atoms with Crippen LogP contribution in [-0.2, 0) is 6.54 Å². The highest BCUT2D eigenvalue weighted by atomic mass is 79.9. The molecule has 0 unspecified atom stereocenters. The third-order valence-electron chi connectivity index (χ3n) is 3.25. The molecule has 0 aliphatic heterocycles. The van der Waals surface area contributed by atoms with Crippen LogP contribution in [0.1, 0.15) is 5.56 Å². The van der Waals surface area contributed by atoms with Crippen molar-refractivity contribution in [3.63, 3.8) is 0 Å². The summed E-state index contributed by atoms with van der Waals surface area (Å²) in [6.45, 7) is 0.475. The number of hydrogen-bond acceptors (Lipinski definition) is 2. The molecule has 0 spiro atoms. The molecule has 0 aliphatic carbocycles. The zero-order chi connectivity index (χ0) is 13.2. The van der Waals surface area contributed by atoms with E-state index in [4.69, 9.17) is 5.73 Å². The van der Waals surface area contributed by atoms with Crippen molar-refractivity contribution in [2.75, 3.05) is 0 Å². The maximum atomic E-state index is 5.84. The molecule has 94 valence electrons. The van der Waals surface area contributed by atoms with Crippen LogP contribution >= 0.6 is 15.9 Å². The Kier molecular flexibility index (Phi) is 3.32. The van der Waals surface area contributed by atoms with Crippen molar-refractivity contribution in [1.29, 1.82) is 0 Å². The van der Waals surface area contributed by atoms with Gasteiger partial charge in [0.25, 0.3) is 0 Å². The molecule has 2 nitrogen and oxygen atoms in total. The molecule has 0 saturated heterocycles. The second-order valence-corrected chi connectivity index (χ2v) is 5.21. The van der Waals surface area contributed by atoms with Gasteiger partial charge in [0.15, 0.2) is 0 Å². The lowest BCUT2D eigenvalue weighted by Crippen LogP contribution is -2.00. The molecule has 0 bridgehead atoms. The van der Waals surface area contributed by atoms with E-state index in [1.807, 2.05) is 36.5 Å². The number of halogens is 1. The summed E-state index contributed by atoms with van der Waals surface area (Å²) in [6.07, 6.45) is 1.84. The first-order chi connectivity index (χ1) is 9.31. The van der Waals surface area contributed by atoms with E-state index in [1.165, 1.54) is 11.1 Å². The molecule has 0 saturated carbocycles. The smallest absolute Gasteiger partial charge is 0.0764 e. The van der Waals surface area contributed by atoms with Crippen LogP contribution in [0.15, 0.2) is 59.2 Å². The molecular formula is C16H13BrN2. The van der Waals surface area contributed by atoms with Gasteiger partial charge in [0, 0.05) is 28.2 Å². The maximum absolute atomic E-state index is 5.84. The molecule has 0 aliphatic rings. The molecule has 19 heavy (non-hydrogen) atoms. The van der Waals surface area contributed by atoms with E-state index < -0.39 is 0 Å². The first-order valence-corrected chi connectivity index (χ1v) is 6.92. The topological polar surface area (TPSA) is 38.9 Å². The molecule has 3 heteroatoms. The molecule has 0 radical (unpaired) electrons. The number of hydrogen-bond donors (Lipinski definition) is 1. The maximum Gasteiger partial charge on any atom is 0.0764 e. The highest BCUT2D eigenvalue weighted by molar-refractivity contribution is 9.10. The van der Waals surface area contributed by atoms with Crippen LogP contribution in [-0.4, -0.2) is 4.98 Å². The van der Waals surface area contributed by atoms with Crippen LogP contribution in [0.2, 0.25) is 0 Å². The fourth-order valence-electron chi connectivity index (χ4n) is 2.32. The number of fused-ring (bicyclic) bond motifs is 1. The van der Waals surface area contributed by atoms with Crippen molar-refractivity contribution in [3.8, 4) is 11.1 Å². The summed E-state index contributed by atoms with van der Waals surface area (Å²) in [4.78, 5) is 4.49. The van der Waals surface area contributed by atoms with E-state index in [0.29, 0.717) is 6.54 Å². The number of benzene rings is 2. The minimum absolute atomic E-state index is 0.475. The van der Waals surface area contributed by atoms with Gasteiger partial charge < -0.3 is 5.73 Å². The van der Waals surface area contributed by atoms with Crippen molar-refractivity contribution in [2.24, 2.45) is 5.73 Å². The van der Waals surface area contributed by atoms with Crippen LogP contribution in [0.25, 0.3) is 22.0 Å². The summed E-state index contributed by atoms with van der Waals surface area (Å²) in [5.74, 6) is 0. The molecular weight excluding hydrogens is 300 g/mol. The molecule has 1 heterocycles. The molecule has 3 aromatic rings. The lowest BCUT2D eigenvalue weighted by Gasteiger charge is -2.10. The average molecular weight is 313 g/mol. The summed E-state index contributed by atoms with van der Waals surface area (Å²) >= 11 is 3.54. The Bertz CT molecular complexity index is 723. The zero-order valence-corrected chi connectivity index (χ0v) is 11.9. The predicted molar refractivity (Wildman–Crippen MR) is 82.8 cm³/mol. The minimum Gasteiger partial charge on any atom is -0.326 e. The molecule has 0 fully saturated rings. The van der Waals surface area contributed by atoms with Gasteiger partial charge in [-0.2, -0.15) is 0 Å². The minimum atomic E-state index is 0.475. The van der Waals surface area contributed by atoms with Crippen molar-refractivity contribution in [1.82, 2.24) is 4.98 Å². The average Bonchev–Trinajstić information content (AvgIpc) is 2.47. The van der Waals surface area contributed by atoms with E-state index in [-0.39, 0.29) is 0 Å². The monoisotopic (exact) mass is 312 g/mol. The lowest BCUT2D eigenvalue weighted by atomic mass is 9.99. The molecule has 3 rings (SSSR count). The molecule has 0 amide bonds. The van der Waals surface area contributed by atoms with Gasteiger partial charge in [-0.05, 0) is 23.3 Å². The van der Waals surface area contributed by atoms with Crippen LogP contribution in [0.4, 0.5) is 0 Å². The largest absolute Gasteiger partial charge is 0.326 e. The van der Waals surface area contributed by atoms with Crippen molar-refractivity contribution in [3.05, 3.63) is 64.8 Å². The standard InChI is InChI=1S/C16H13BrN2/c17-15-7-6-13-12(11-4-2-1-3-5-11)8-9-19-16(13)14(15)10-18/h1-9H,10,18H2. The lowest BCUT2D eigenvalue weighted by molar-refractivity contribution is 1.07. The van der Waals surface area contributed by atoms with E-state index in [0.717, 1.165) is 20.9 Å². The number of pyridine rings is 1. The van der Waals surface area contributed by atoms with Crippen molar-refractivity contribution >= 4 is 26.8 Å². The van der Waals surface area contributed by atoms with Gasteiger partial charge in [0.1, 0.15) is 0 Å². The summed E-state index contributed by atoms with van der Waals surface area (Å²) in [5.41, 5.74) is 10.2. The van der Waals surface area contributed by atoms with Gasteiger partial charge in [0.05, 0.1) is 5.52 Å². The highest BCUT2D eigenvalue weighted by Gasteiger charge is 2.09. The SMILES string of the molecule is NCc1c(Br)ccc2c(-c3ccccc3)ccnc12. The zero-order valence-electron chi connectivity index (χ0n) is 10.3. The number of nitrogens with zero attached hydrogens (tertiary/aromatic N) is 1. The van der Waals surface area contributed by atoms with Crippen LogP contribution in [0, 0.1) is 0 Å². The summed E-state index contributed by atoms with van der Waals surface area (Å²) in [7, 11) is 0. The third-order valence-corrected chi connectivity index (χ3v) is 3.99. The third kappa shape index (κ3) is 2.15. The summed E-state index contributed by atoms with van der Waals surface area (Å²) in [6, 6.07) is 16.5. The van der Waals surface area contributed by atoms with Gasteiger partial charge >= 0.3 is 0 Å². The van der Waals surface area contributed by atoms with Crippen LogP contribution in [0.3, 0.4) is 0 Å². The van der Waals surface area contributed by atoms with Gasteiger partial charge in [0.2, 0.25) is 0 Å². The Morgan fingerprint density at radius 1 is 1.00 bits per heavy atom. The van der Waals surface area contributed by atoms with Crippen molar-refractivity contribution < 1.29 is 0 Å². The Labute approximate surface area is 120 Å². The molecule has 2 aromatic carbocycles. The number of rotatable bonds is 2. The summed E-state index contributed by atoms with van der Waals surface area (Å²) in [5, 5.41) is 1.14. The second-order valence-electron chi connectivity index (χ2n) is 4.35. The van der Waals surface area contributed by atoms with Crippen molar-refractivity contribution in [2.45, 2.75) is 6.54 Å². The first-order valence-electron chi connectivity index (χ1n) is 6.13. The fourth-order valence-corrected chi connectivity index (χ4v) is 2.80. The quantitative estimate of drug-likeness (QED) is 0.773. The Morgan fingerprint density at radius 2 is 1.79 bits per heavy atom.